The normalized spacial score (nSPS) is 26.0. The number of hydrogen-bond donors (Lipinski definition) is 0. The Hall–Kier alpha value is -2.71. The third-order valence-electron chi connectivity index (χ3n) is 6.84. The molecule has 0 N–H and O–H groups in total. The molecule has 30 heavy (non-hydrogen) atoms. The van der Waals surface area contributed by atoms with E-state index in [-0.39, 0.29) is 5.91 Å². The van der Waals surface area contributed by atoms with Crippen molar-refractivity contribution in [2.45, 2.75) is 51.0 Å². The molecule has 0 aromatic carbocycles. The molecule has 3 fully saturated rings. The van der Waals surface area contributed by atoms with Crippen LogP contribution in [0.3, 0.4) is 0 Å². The number of fused-ring (bicyclic) bond motifs is 5. The van der Waals surface area contributed by atoms with Crippen molar-refractivity contribution in [2.75, 3.05) is 26.7 Å². The highest BCUT2D eigenvalue weighted by molar-refractivity contribution is 5.78. The molecule has 5 rings (SSSR count). The van der Waals surface area contributed by atoms with Crippen molar-refractivity contribution < 1.29 is 14.3 Å². The molecule has 3 aliphatic heterocycles. The van der Waals surface area contributed by atoms with Crippen molar-refractivity contribution >= 4 is 17.5 Å². The van der Waals surface area contributed by atoms with Gasteiger partial charge in [0.05, 0.1) is 7.11 Å². The Balaban J connectivity index is 1.18. The Morgan fingerprint density at radius 3 is 3.00 bits per heavy atom. The quantitative estimate of drug-likeness (QED) is 0.735. The van der Waals surface area contributed by atoms with Gasteiger partial charge < -0.3 is 14.5 Å². The van der Waals surface area contributed by atoms with Crippen LogP contribution in [-0.4, -0.2) is 74.2 Å². The minimum absolute atomic E-state index is 0.208. The first kappa shape index (κ1) is 19.3. The summed E-state index contributed by atoms with van der Waals surface area (Å²) in [4.78, 5) is 29.3. The first-order valence-electron chi connectivity index (χ1n) is 10.9. The van der Waals surface area contributed by atoms with Gasteiger partial charge in [-0.25, -0.2) is 0 Å². The lowest BCUT2D eigenvalue weighted by molar-refractivity contribution is -0.148. The average Bonchev–Trinajstić information content (AvgIpc) is 3.16. The number of amides is 2. The van der Waals surface area contributed by atoms with Crippen LogP contribution in [0.1, 0.15) is 44.3 Å². The third-order valence-corrected chi connectivity index (χ3v) is 6.84. The summed E-state index contributed by atoms with van der Waals surface area (Å²) < 4.78 is 6.86. The first-order valence-corrected chi connectivity index (χ1v) is 10.9. The van der Waals surface area contributed by atoms with Crippen LogP contribution in [0, 0.1) is 11.8 Å². The Bertz CT molecular complexity index is 959. The van der Waals surface area contributed by atoms with E-state index in [4.69, 9.17) is 4.74 Å². The fourth-order valence-electron chi connectivity index (χ4n) is 5.45. The molecular weight excluding hydrogens is 384 g/mol. The Morgan fingerprint density at radius 2 is 2.13 bits per heavy atom. The summed E-state index contributed by atoms with van der Waals surface area (Å²) in [6.07, 6.45) is 5.75. The highest BCUT2D eigenvalue weighted by Crippen LogP contribution is 2.38. The van der Waals surface area contributed by atoms with Gasteiger partial charge >= 0.3 is 0 Å². The van der Waals surface area contributed by atoms with Gasteiger partial charge in [0.2, 0.25) is 17.7 Å². The van der Waals surface area contributed by atoms with Crippen molar-refractivity contribution in [1.29, 1.82) is 0 Å². The number of likely N-dealkylation sites (tertiary alicyclic amines) is 1. The molecule has 2 aromatic heterocycles. The average molecular weight is 412 g/mol. The molecule has 1 unspecified atom stereocenters. The van der Waals surface area contributed by atoms with Crippen LogP contribution in [0.25, 0.3) is 5.65 Å². The predicted octanol–water partition coefficient (Wildman–Crippen LogP) is 1.31. The molecule has 9 heteroatoms. The van der Waals surface area contributed by atoms with E-state index in [1.54, 1.807) is 17.7 Å². The number of hydrogen-bond acceptors (Lipinski definition) is 6. The van der Waals surface area contributed by atoms with E-state index in [0.29, 0.717) is 61.0 Å². The number of aryl methyl sites for hydroxylation is 1. The van der Waals surface area contributed by atoms with Gasteiger partial charge in [-0.05, 0) is 43.6 Å². The van der Waals surface area contributed by atoms with Crippen LogP contribution in [-0.2, 0) is 16.0 Å². The van der Waals surface area contributed by atoms with Crippen LogP contribution in [0.5, 0.6) is 5.88 Å². The topological polar surface area (TPSA) is 92.9 Å². The maximum atomic E-state index is 12.9. The fraction of sp³-hybridized carbons (Fsp3) is 0.667. The molecule has 3 atom stereocenters. The summed E-state index contributed by atoms with van der Waals surface area (Å²) in [5, 5.41) is 12.7. The van der Waals surface area contributed by atoms with Gasteiger partial charge in [-0.2, -0.15) is 4.52 Å². The molecule has 0 radical (unpaired) electrons. The number of aromatic nitrogens is 4. The van der Waals surface area contributed by atoms with Crippen LogP contribution in [0.4, 0.5) is 0 Å². The summed E-state index contributed by atoms with van der Waals surface area (Å²) in [6, 6.07) is 3.91. The van der Waals surface area contributed by atoms with Gasteiger partial charge in [0, 0.05) is 51.0 Å². The van der Waals surface area contributed by atoms with Gasteiger partial charge in [0.15, 0.2) is 11.5 Å². The molecule has 160 valence electrons. The largest absolute Gasteiger partial charge is 0.480 e. The number of methoxy groups -OCH3 is 1. The Morgan fingerprint density at radius 1 is 1.23 bits per heavy atom. The summed E-state index contributed by atoms with van der Waals surface area (Å²) >= 11 is 0. The van der Waals surface area contributed by atoms with Crippen LogP contribution >= 0.6 is 0 Å². The zero-order valence-corrected chi connectivity index (χ0v) is 17.4. The minimum atomic E-state index is 0.208. The lowest BCUT2D eigenvalue weighted by atomic mass is 9.76. The molecule has 3 aliphatic rings. The van der Waals surface area contributed by atoms with E-state index in [1.165, 1.54) is 0 Å². The monoisotopic (exact) mass is 412 g/mol. The molecule has 9 nitrogen and oxygen atoms in total. The van der Waals surface area contributed by atoms with Gasteiger partial charge in [0.25, 0.3) is 0 Å². The second-order valence-electron chi connectivity index (χ2n) is 8.78. The predicted molar refractivity (Wildman–Crippen MR) is 108 cm³/mol. The lowest BCUT2D eigenvalue weighted by Gasteiger charge is -2.52. The number of carbonyl (C=O) groups is 2. The van der Waals surface area contributed by atoms with Crippen molar-refractivity contribution in [2.24, 2.45) is 11.8 Å². The highest BCUT2D eigenvalue weighted by Gasteiger charge is 2.44. The summed E-state index contributed by atoms with van der Waals surface area (Å²) in [7, 11) is 1.58. The second kappa shape index (κ2) is 7.85. The third kappa shape index (κ3) is 3.50. The molecule has 2 amide bonds. The zero-order valence-electron chi connectivity index (χ0n) is 17.4. The Kier molecular flexibility index (Phi) is 5.04. The van der Waals surface area contributed by atoms with Crippen molar-refractivity contribution in [3.05, 3.63) is 18.0 Å². The molecule has 0 spiro atoms. The van der Waals surface area contributed by atoms with Crippen molar-refractivity contribution in [1.82, 2.24) is 29.6 Å². The number of ether oxygens (including phenoxy) is 1. The minimum Gasteiger partial charge on any atom is -0.480 e. The number of carbonyl (C=O) groups excluding carboxylic acids is 2. The van der Waals surface area contributed by atoms with Gasteiger partial charge in [-0.15, -0.1) is 15.3 Å². The van der Waals surface area contributed by atoms with Crippen LogP contribution in [0.2, 0.25) is 0 Å². The smallest absolute Gasteiger partial charge is 0.231 e. The van der Waals surface area contributed by atoms with E-state index >= 15 is 0 Å². The van der Waals surface area contributed by atoms with Gasteiger partial charge in [-0.3, -0.25) is 9.59 Å². The molecule has 2 bridgehead atoms. The standard InChI is InChI=1S/C21H28N6O3/c1-30-19-9-8-18-23-22-17(27(18)24-19)5-3-6-20(28)25-11-14-10-15(13-25)16-4-2-7-21(29)26(16)12-14/h8-9,14-16H,2-7,10-13H2,1H3/t14-,15+,16?/m1/s1. The molecule has 5 heterocycles. The summed E-state index contributed by atoms with van der Waals surface area (Å²) in [5.41, 5.74) is 0.674. The van der Waals surface area contributed by atoms with Crippen molar-refractivity contribution in [3.63, 3.8) is 0 Å². The summed E-state index contributed by atoms with van der Waals surface area (Å²) in [6.45, 7) is 2.39. The van der Waals surface area contributed by atoms with E-state index in [9.17, 15) is 9.59 Å². The molecule has 2 aromatic rings. The Labute approximate surface area is 175 Å². The molecular formula is C21H28N6O3. The lowest BCUT2D eigenvalue weighted by Crippen LogP contribution is -2.61. The maximum absolute atomic E-state index is 12.9. The maximum Gasteiger partial charge on any atom is 0.231 e. The van der Waals surface area contributed by atoms with Crippen LogP contribution in [0.15, 0.2) is 12.1 Å². The van der Waals surface area contributed by atoms with Crippen molar-refractivity contribution in [3.8, 4) is 5.88 Å². The van der Waals surface area contributed by atoms with Gasteiger partial charge in [0.1, 0.15) is 0 Å². The molecule has 0 aliphatic carbocycles. The van der Waals surface area contributed by atoms with E-state index in [1.807, 2.05) is 11.0 Å². The van der Waals surface area contributed by atoms with E-state index in [2.05, 4.69) is 20.2 Å². The SMILES string of the molecule is COc1ccc2nnc(CCCC(=O)N3C[C@H]4C[C@@H](C3)C3CCCC(=O)N3C4)n2n1. The molecule has 0 saturated carbocycles. The highest BCUT2D eigenvalue weighted by atomic mass is 16.5. The number of piperidine rings is 3. The number of rotatable bonds is 5. The molecule has 3 saturated heterocycles. The zero-order chi connectivity index (χ0) is 20.7. The summed E-state index contributed by atoms with van der Waals surface area (Å²) in [5.74, 6) is 2.62. The van der Waals surface area contributed by atoms with E-state index in [0.717, 1.165) is 44.7 Å². The fourth-order valence-corrected chi connectivity index (χ4v) is 5.45. The van der Waals surface area contributed by atoms with E-state index < -0.39 is 0 Å². The number of nitrogens with zero attached hydrogens (tertiary/aromatic N) is 6. The van der Waals surface area contributed by atoms with Crippen LogP contribution < -0.4 is 4.74 Å². The van der Waals surface area contributed by atoms with Gasteiger partial charge in [-0.1, -0.05) is 0 Å². The second-order valence-corrected chi connectivity index (χ2v) is 8.78. The first-order chi connectivity index (χ1) is 14.6.